The Morgan fingerprint density at radius 1 is 1.38 bits per heavy atom. The first-order chi connectivity index (χ1) is 6.25. The van der Waals surface area contributed by atoms with Crippen LogP contribution < -0.4 is 0 Å². The number of Topliss-reactive ketones (excluding diaryl/α,β-unsaturated/α-hetero) is 1. The van der Waals surface area contributed by atoms with Crippen molar-refractivity contribution >= 4 is 5.78 Å². The summed E-state index contributed by atoms with van der Waals surface area (Å²) < 4.78 is 4.97. The number of hydrogen-bond acceptors (Lipinski definition) is 2. The summed E-state index contributed by atoms with van der Waals surface area (Å²) >= 11 is 0. The summed E-state index contributed by atoms with van der Waals surface area (Å²) in [5.41, 5.74) is 2.37. The molecule has 0 aliphatic heterocycles. The first-order valence-electron chi connectivity index (χ1n) is 4.96. The zero-order valence-corrected chi connectivity index (χ0v) is 8.56. The minimum absolute atomic E-state index is 0.361. The van der Waals surface area contributed by atoms with Crippen LogP contribution in [0.15, 0.2) is 11.1 Å². The standard InChI is InChI=1S/C11H18O2/c1-9-5-3-7-11(12)10(9)6-4-8-13-2/h3-8H2,1-2H3. The van der Waals surface area contributed by atoms with Gasteiger partial charge in [0, 0.05) is 20.1 Å². The molecule has 13 heavy (non-hydrogen) atoms. The molecular weight excluding hydrogens is 164 g/mol. The minimum Gasteiger partial charge on any atom is -0.385 e. The van der Waals surface area contributed by atoms with E-state index in [9.17, 15) is 4.79 Å². The highest BCUT2D eigenvalue weighted by molar-refractivity contribution is 5.96. The molecule has 0 aromatic carbocycles. The molecule has 0 amide bonds. The Morgan fingerprint density at radius 3 is 2.77 bits per heavy atom. The molecule has 0 heterocycles. The maximum Gasteiger partial charge on any atom is 0.158 e. The van der Waals surface area contributed by atoms with Gasteiger partial charge in [0.05, 0.1) is 0 Å². The molecule has 0 fully saturated rings. The van der Waals surface area contributed by atoms with Crippen molar-refractivity contribution in [2.24, 2.45) is 0 Å². The van der Waals surface area contributed by atoms with E-state index in [1.165, 1.54) is 5.57 Å². The summed E-state index contributed by atoms with van der Waals surface area (Å²) in [6.07, 6.45) is 4.76. The first kappa shape index (κ1) is 10.5. The van der Waals surface area contributed by atoms with Gasteiger partial charge in [-0.3, -0.25) is 4.79 Å². The molecule has 0 aromatic rings. The van der Waals surface area contributed by atoms with Crippen molar-refractivity contribution in [2.45, 2.75) is 39.0 Å². The van der Waals surface area contributed by atoms with Gasteiger partial charge in [-0.05, 0) is 38.2 Å². The highest BCUT2D eigenvalue weighted by Crippen LogP contribution is 2.24. The predicted octanol–water partition coefficient (Wildman–Crippen LogP) is 2.48. The van der Waals surface area contributed by atoms with Crippen LogP contribution in [0.25, 0.3) is 0 Å². The average molecular weight is 182 g/mol. The topological polar surface area (TPSA) is 26.3 Å². The quantitative estimate of drug-likeness (QED) is 0.624. The van der Waals surface area contributed by atoms with E-state index in [2.05, 4.69) is 6.92 Å². The predicted molar refractivity (Wildman–Crippen MR) is 52.7 cm³/mol. The molecule has 2 nitrogen and oxygen atoms in total. The fraction of sp³-hybridized carbons (Fsp3) is 0.727. The van der Waals surface area contributed by atoms with Crippen molar-refractivity contribution in [1.29, 1.82) is 0 Å². The van der Waals surface area contributed by atoms with Crippen molar-refractivity contribution < 1.29 is 9.53 Å². The zero-order chi connectivity index (χ0) is 9.68. The molecule has 0 saturated heterocycles. The van der Waals surface area contributed by atoms with E-state index >= 15 is 0 Å². The van der Waals surface area contributed by atoms with E-state index in [-0.39, 0.29) is 0 Å². The van der Waals surface area contributed by atoms with Crippen LogP contribution in [0.1, 0.15) is 39.0 Å². The molecule has 0 atom stereocenters. The lowest BCUT2D eigenvalue weighted by Crippen LogP contribution is -2.11. The van der Waals surface area contributed by atoms with Gasteiger partial charge in [-0.2, -0.15) is 0 Å². The van der Waals surface area contributed by atoms with Gasteiger partial charge in [-0.1, -0.05) is 5.57 Å². The third-order valence-electron chi connectivity index (χ3n) is 2.58. The first-order valence-corrected chi connectivity index (χ1v) is 4.96. The Bertz CT molecular complexity index is 216. The molecule has 0 radical (unpaired) electrons. The van der Waals surface area contributed by atoms with Crippen LogP contribution in [0.4, 0.5) is 0 Å². The highest BCUT2D eigenvalue weighted by atomic mass is 16.5. The normalized spacial score (nSPS) is 18.2. The van der Waals surface area contributed by atoms with Gasteiger partial charge in [0.2, 0.25) is 0 Å². The Morgan fingerprint density at radius 2 is 2.15 bits per heavy atom. The highest BCUT2D eigenvalue weighted by Gasteiger charge is 2.16. The SMILES string of the molecule is COCCCC1=C(C)CCCC1=O. The van der Waals surface area contributed by atoms with E-state index in [0.717, 1.165) is 44.3 Å². The Balaban J connectivity index is 2.48. The third-order valence-corrected chi connectivity index (χ3v) is 2.58. The van der Waals surface area contributed by atoms with Crippen molar-refractivity contribution in [3.8, 4) is 0 Å². The maximum atomic E-state index is 11.5. The molecule has 0 N–H and O–H groups in total. The van der Waals surface area contributed by atoms with Gasteiger partial charge < -0.3 is 4.74 Å². The number of carbonyl (C=O) groups is 1. The van der Waals surface area contributed by atoms with E-state index in [0.29, 0.717) is 5.78 Å². The van der Waals surface area contributed by atoms with Crippen molar-refractivity contribution in [1.82, 2.24) is 0 Å². The lowest BCUT2D eigenvalue weighted by Gasteiger charge is -2.16. The monoisotopic (exact) mass is 182 g/mol. The molecule has 0 saturated carbocycles. The van der Waals surface area contributed by atoms with E-state index in [1.54, 1.807) is 7.11 Å². The van der Waals surface area contributed by atoms with Gasteiger partial charge in [0.25, 0.3) is 0 Å². The summed E-state index contributed by atoms with van der Waals surface area (Å²) in [4.78, 5) is 11.5. The summed E-state index contributed by atoms with van der Waals surface area (Å²) in [5.74, 6) is 0.361. The summed E-state index contributed by atoms with van der Waals surface area (Å²) in [7, 11) is 1.70. The van der Waals surface area contributed by atoms with E-state index in [4.69, 9.17) is 4.74 Å². The van der Waals surface area contributed by atoms with Crippen LogP contribution in [0.2, 0.25) is 0 Å². The molecule has 1 aliphatic rings. The van der Waals surface area contributed by atoms with Crippen LogP contribution in [-0.4, -0.2) is 19.5 Å². The fourth-order valence-corrected chi connectivity index (χ4v) is 1.80. The summed E-state index contributed by atoms with van der Waals surface area (Å²) in [5, 5.41) is 0. The van der Waals surface area contributed by atoms with Crippen LogP contribution in [0.5, 0.6) is 0 Å². The number of carbonyl (C=O) groups excluding carboxylic acids is 1. The van der Waals surface area contributed by atoms with Gasteiger partial charge in [-0.25, -0.2) is 0 Å². The third kappa shape index (κ3) is 2.96. The van der Waals surface area contributed by atoms with Crippen LogP contribution in [-0.2, 0) is 9.53 Å². The molecule has 74 valence electrons. The van der Waals surface area contributed by atoms with Gasteiger partial charge in [-0.15, -0.1) is 0 Å². The van der Waals surface area contributed by atoms with Crippen molar-refractivity contribution in [3.63, 3.8) is 0 Å². The Kier molecular flexibility index (Phi) is 4.16. The van der Waals surface area contributed by atoms with Gasteiger partial charge in [0.15, 0.2) is 5.78 Å². The molecular formula is C11H18O2. The van der Waals surface area contributed by atoms with Crippen LogP contribution in [0.3, 0.4) is 0 Å². The number of rotatable bonds is 4. The largest absolute Gasteiger partial charge is 0.385 e. The van der Waals surface area contributed by atoms with Gasteiger partial charge in [0.1, 0.15) is 0 Å². The molecule has 0 bridgehead atoms. The maximum absolute atomic E-state index is 11.5. The molecule has 1 aliphatic carbocycles. The second kappa shape index (κ2) is 5.18. The molecule has 0 unspecified atom stereocenters. The summed E-state index contributed by atoms with van der Waals surface area (Å²) in [6, 6.07) is 0. The molecule has 0 spiro atoms. The van der Waals surface area contributed by atoms with Gasteiger partial charge >= 0.3 is 0 Å². The molecule has 1 rings (SSSR count). The number of hydrogen-bond donors (Lipinski definition) is 0. The average Bonchev–Trinajstić information content (AvgIpc) is 2.10. The Hall–Kier alpha value is -0.630. The molecule has 0 aromatic heterocycles. The smallest absolute Gasteiger partial charge is 0.158 e. The Labute approximate surface area is 80.0 Å². The number of allylic oxidation sites excluding steroid dienone is 2. The zero-order valence-electron chi connectivity index (χ0n) is 8.56. The van der Waals surface area contributed by atoms with Crippen LogP contribution >= 0.6 is 0 Å². The molecule has 2 heteroatoms. The fourth-order valence-electron chi connectivity index (χ4n) is 1.80. The lowest BCUT2D eigenvalue weighted by atomic mass is 9.89. The number of ketones is 1. The van der Waals surface area contributed by atoms with E-state index in [1.807, 2.05) is 0 Å². The lowest BCUT2D eigenvalue weighted by molar-refractivity contribution is -0.116. The van der Waals surface area contributed by atoms with Crippen molar-refractivity contribution in [2.75, 3.05) is 13.7 Å². The van der Waals surface area contributed by atoms with E-state index < -0.39 is 0 Å². The van der Waals surface area contributed by atoms with Crippen molar-refractivity contribution in [3.05, 3.63) is 11.1 Å². The summed E-state index contributed by atoms with van der Waals surface area (Å²) in [6.45, 7) is 2.84. The minimum atomic E-state index is 0.361. The number of methoxy groups -OCH3 is 1. The second-order valence-corrected chi connectivity index (χ2v) is 3.63. The second-order valence-electron chi connectivity index (χ2n) is 3.63. The number of ether oxygens (including phenoxy) is 1. The van der Waals surface area contributed by atoms with Crippen LogP contribution in [0, 0.1) is 0 Å².